The van der Waals surface area contributed by atoms with Crippen LogP contribution in [0.2, 0.25) is 0 Å². The van der Waals surface area contributed by atoms with Gasteiger partial charge >= 0.3 is 23.9 Å². The molecule has 7 rings (SSSR count). The molecule has 1 aliphatic heterocycles. The van der Waals surface area contributed by atoms with E-state index in [1.807, 2.05) is 26.8 Å². The van der Waals surface area contributed by atoms with Crippen LogP contribution in [-0.2, 0) is 58.9 Å². The quantitative estimate of drug-likeness (QED) is 0.0562. The van der Waals surface area contributed by atoms with Gasteiger partial charge in [-0.25, -0.2) is 14.4 Å². The third kappa shape index (κ3) is 13.5. The molecule has 5 aliphatic rings. The van der Waals surface area contributed by atoms with Gasteiger partial charge in [-0.3, -0.25) is 18.5 Å². The topological polar surface area (TPSA) is 268 Å². The number of carbonyl (C=O) groups excluding carboxylic acids is 4. The molecule has 430 valence electrons. The Morgan fingerprint density at radius 3 is 1.64 bits per heavy atom. The van der Waals surface area contributed by atoms with E-state index in [1.165, 1.54) is 0 Å². The van der Waals surface area contributed by atoms with E-state index in [1.54, 1.807) is 33.8 Å². The van der Waals surface area contributed by atoms with Gasteiger partial charge in [0.05, 0.1) is 16.5 Å². The summed E-state index contributed by atoms with van der Waals surface area (Å²) >= 11 is 0. The first kappa shape index (κ1) is 60.7. The number of hydrogen-bond donors (Lipinski definition) is 3. The fourth-order valence-corrected chi connectivity index (χ4v) is 15.0. The van der Waals surface area contributed by atoms with Gasteiger partial charge in [0.25, 0.3) is 30.4 Å². The van der Waals surface area contributed by atoms with Crippen molar-refractivity contribution in [3.63, 3.8) is 0 Å². The summed E-state index contributed by atoms with van der Waals surface area (Å²) in [5, 5.41) is -1.58. The van der Waals surface area contributed by atoms with Crippen LogP contribution < -0.4 is 0 Å². The van der Waals surface area contributed by atoms with Gasteiger partial charge in [0, 0.05) is 5.41 Å². The van der Waals surface area contributed by atoms with Gasteiger partial charge in [0.1, 0.15) is 36.6 Å². The van der Waals surface area contributed by atoms with E-state index in [4.69, 9.17) is 18.9 Å². The molecule has 0 spiro atoms. The highest BCUT2D eigenvalue weighted by atomic mass is 32.2. The zero-order chi connectivity index (χ0) is 56.5. The SMILES string of the molecule is CC(C)c1cc(C(C)CC(COC(=O)C23CCC(C)(C(=O)O2)C3(C)C)S(=O)(=O)O)cc(C(C)CC2CCCCC2c2cc(C3CCCCC3)c(C(=O)OCCS(=O)(=O)O)c(C3CCCCC3)c2)c1C(=O)OCCS(=O)(=O)O. The van der Waals surface area contributed by atoms with Crippen LogP contribution in [0.5, 0.6) is 0 Å². The first-order valence-corrected chi connectivity index (χ1v) is 32.7. The van der Waals surface area contributed by atoms with Crippen molar-refractivity contribution in [1.82, 2.24) is 0 Å². The molecule has 77 heavy (non-hydrogen) atoms. The Hall–Kier alpha value is -3.95. The van der Waals surface area contributed by atoms with Crippen molar-refractivity contribution < 1.29 is 77.0 Å². The lowest BCUT2D eigenvalue weighted by Gasteiger charge is -2.37. The number of esters is 4. The molecule has 0 aromatic heterocycles. The standard InChI is InChI=1S/C57H82O17S3/c1-35(2)45-30-41(36(3)29-43(77(68,69)70)34-73-54(61)57-23-22-56(7,53(60)74-57)55(57,5)6)31-46(49(45)51(58)71-24-26-75(62,63)64)37(4)28-40-20-14-15-21-44(40)42-32-47(38-16-10-8-11-17-38)50(52(59)72-25-27-76(65,66)67)48(33-42)39-18-12-9-13-19-39/h30-33,35-40,43-44H,8-29,34H2,1-7H3,(H,62,63,64)(H,65,66,67)(H,68,69,70). The number of hydrogen-bond acceptors (Lipinski definition) is 14. The Kier molecular flexibility index (Phi) is 18.9. The number of benzene rings is 2. The summed E-state index contributed by atoms with van der Waals surface area (Å²) in [5.41, 5.74) is 2.04. The first-order valence-electron chi connectivity index (χ1n) is 27.9. The van der Waals surface area contributed by atoms with Crippen LogP contribution >= 0.6 is 0 Å². The average Bonchev–Trinajstić information content (AvgIpc) is 3.70. The van der Waals surface area contributed by atoms with Crippen LogP contribution in [0, 0.1) is 16.7 Å². The summed E-state index contributed by atoms with van der Waals surface area (Å²) in [6.45, 7) is 11.0. The molecule has 17 nitrogen and oxygen atoms in total. The van der Waals surface area contributed by atoms with E-state index in [9.17, 15) is 58.1 Å². The van der Waals surface area contributed by atoms with Crippen LogP contribution in [0.15, 0.2) is 24.3 Å². The molecule has 0 amide bonds. The van der Waals surface area contributed by atoms with E-state index in [-0.39, 0.29) is 53.9 Å². The van der Waals surface area contributed by atoms with Crippen LogP contribution in [0.25, 0.3) is 0 Å². The maximum Gasteiger partial charge on any atom is 0.351 e. The monoisotopic (exact) mass is 1130 g/mol. The summed E-state index contributed by atoms with van der Waals surface area (Å²) in [6.07, 6.45) is 14.4. The summed E-state index contributed by atoms with van der Waals surface area (Å²) in [6, 6.07) is 8.02. The summed E-state index contributed by atoms with van der Waals surface area (Å²) in [7, 11) is -13.7. The second-order valence-electron chi connectivity index (χ2n) is 24.2. The molecular formula is C57H82O17S3. The first-order chi connectivity index (χ1) is 36.0. The molecule has 2 aromatic carbocycles. The van der Waals surface area contributed by atoms with Crippen LogP contribution in [0.1, 0.15) is 254 Å². The second kappa shape index (κ2) is 24.0. The molecule has 2 bridgehead atoms. The van der Waals surface area contributed by atoms with Crippen molar-refractivity contribution in [2.24, 2.45) is 16.7 Å². The van der Waals surface area contributed by atoms with Gasteiger partial charge in [-0.1, -0.05) is 117 Å². The normalized spacial score (nSPS) is 25.5. The minimum absolute atomic E-state index is 0.0476. The van der Waals surface area contributed by atoms with Gasteiger partial charge in [-0.15, -0.1) is 0 Å². The summed E-state index contributed by atoms with van der Waals surface area (Å²) < 4.78 is 125. The number of rotatable bonds is 22. The number of ether oxygens (including phenoxy) is 4. The van der Waals surface area contributed by atoms with Gasteiger partial charge < -0.3 is 18.9 Å². The highest BCUT2D eigenvalue weighted by molar-refractivity contribution is 7.86. The fourth-order valence-electron chi connectivity index (χ4n) is 13.6. The summed E-state index contributed by atoms with van der Waals surface area (Å²) in [4.78, 5) is 55.4. The fraction of sp³-hybridized carbons (Fsp3) is 0.719. The molecule has 7 atom stereocenters. The van der Waals surface area contributed by atoms with Crippen molar-refractivity contribution in [3.8, 4) is 0 Å². The lowest BCUT2D eigenvalue weighted by molar-refractivity contribution is -0.183. The van der Waals surface area contributed by atoms with E-state index in [2.05, 4.69) is 12.1 Å². The third-order valence-corrected chi connectivity index (χ3v) is 21.2. The number of carbonyl (C=O) groups is 4. The van der Waals surface area contributed by atoms with Gasteiger partial charge in [-0.2, -0.15) is 25.3 Å². The highest BCUT2D eigenvalue weighted by Crippen LogP contribution is 2.66. The lowest BCUT2D eigenvalue weighted by atomic mass is 9.66. The van der Waals surface area contributed by atoms with E-state index in [0.717, 1.165) is 107 Å². The molecule has 0 radical (unpaired) electrons. The molecule has 4 saturated carbocycles. The van der Waals surface area contributed by atoms with Crippen molar-refractivity contribution in [3.05, 3.63) is 68.8 Å². The molecule has 20 heteroatoms. The van der Waals surface area contributed by atoms with Crippen molar-refractivity contribution in [2.45, 2.75) is 210 Å². The molecule has 1 heterocycles. The molecule has 2 aromatic rings. The molecule has 5 fully saturated rings. The molecular weight excluding hydrogens is 1050 g/mol. The smallest absolute Gasteiger partial charge is 0.351 e. The molecule has 3 N–H and O–H groups in total. The zero-order valence-corrected chi connectivity index (χ0v) is 48.4. The third-order valence-electron chi connectivity index (χ3n) is 18.7. The Morgan fingerprint density at radius 1 is 0.649 bits per heavy atom. The largest absolute Gasteiger partial charge is 0.461 e. The van der Waals surface area contributed by atoms with Gasteiger partial charge in [0.15, 0.2) is 0 Å². The van der Waals surface area contributed by atoms with Crippen LogP contribution in [-0.4, -0.2) is 105 Å². The minimum Gasteiger partial charge on any atom is -0.461 e. The van der Waals surface area contributed by atoms with E-state index in [0.29, 0.717) is 35.1 Å². The van der Waals surface area contributed by atoms with E-state index < -0.39 is 113 Å². The highest BCUT2D eigenvalue weighted by Gasteiger charge is 2.76. The number of fused-ring (bicyclic) bond motifs is 2. The van der Waals surface area contributed by atoms with Crippen molar-refractivity contribution in [1.29, 1.82) is 0 Å². The molecule has 4 aliphatic carbocycles. The van der Waals surface area contributed by atoms with Gasteiger partial charge in [0.2, 0.25) is 5.60 Å². The maximum absolute atomic E-state index is 14.4. The Morgan fingerprint density at radius 2 is 1.16 bits per heavy atom. The van der Waals surface area contributed by atoms with Crippen molar-refractivity contribution >= 4 is 54.2 Å². The Labute approximate surface area is 456 Å². The zero-order valence-electron chi connectivity index (χ0n) is 46.0. The Balaban J connectivity index is 1.24. The molecule has 7 unspecified atom stereocenters. The van der Waals surface area contributed by atoms with Crippen LogP contribution in [0.4, 0.5) is 0 Å². The Bertz CT molecular complexity index is 2830. The predicted molar refractivity (Wildman–Crippen MR) is 289 cm³/mol. The minimum atomic E-state index is -4.83. The second-order valence-corrected chi connectivity index (χ2v) is 29.0. The predicted octanol–water partition coefficient (Wildman–Crippen LogP) is 10.9. The van der Waals surface area contributed by atoms with Gasteiger partial charge in [-0.05, 0) is 146 Å². The molecule has 1 saturated heterocycles. The maximum atomic E-state index is 14.4. The van der Waals surface area contributed by atoms with Crippen molar-refractivity contribution in [2.75, 3.05) is 31.3 Å². The average molecular weight is 1140 g/mol. The van der Waals surface area contributed by atoms with Crippen LogP contribution in [0.3, 0.4) is 0 Å². The summed E-state index contributed by atoms with van der Waals surface area (Å²) in [5.74, 6) is -5.22. The lowest BCUT2D eigenvalue weighted by Crippen LogP contribution is -2.49. The van der Waals surface area contributed by atoms with E-state index >= 15 is 0 Å².